The van der Waals surface area contributed by atoms with E-state index in [4.69, 9.17) is 12.2 Å². The topological polar surface area (TPSA) is 24.1 Å². The SMILES string of the molecule is S=C1CCNC(c2ccccc2)N1. The molecular formula is C10H12N2S. The molecule has 13 heavy (non-hydrogen) atoms. The van der Waals surface area contributed by atoms with Gasteiger partial charge in [-0.3, -0.25) is 5.32 Å². The minimum atomic E-state index is 0.197. The average Bonchev–Trinajstić information content (AvgIpc) is 2.19. The van der Waals surface area contributed by atoms with Crippen LogP contribution < -0.4 is 10.6 Å². The summed E-state index contributed by atoms with van der Waals surface area (Å²) in [6.45, 7) is 0.964. The van der Waals surface area contributed by atoms with E-state index in [2.05, 4.69) is 22.8 Å². The number of thiocarbonyl (C=S) groups is 1. The summed E-state index contributed by atoms with van der Waals surface area (Å²) in [4.78, 5) is 0.951. The molecule has 1 aliphatic heterocycles. The average molecular weight is 192 g/mol. The Kier molecular flexibility index (Phi) is 2.57. The van der Waals surface area contributed by atoms with E-state index in [0.717, 1.165) is 18.0 Å². The number of hydrogen-bond acceptors (Lipinski definition) is 2. The maximum Gasteiger partial charge on any atom is 0.104 e. The lowest BCUT2D eigenvalue weighted by atomic mass is 10.1. The van der Waals surface area contributed by atoms with Crippen LogP contribution in [0.4, 0.5) is 0 Å². The smallest absolute Gasteiger partial charge is 0.104 e. The Morgan fingerprint density at radius 2 is 2.00 bits per heavy atom. The van der Waals surface area contributed by atoms with Crippen molar-refractivity contribution in [1.82, 2.24) is 10.6 Å². The van der Waals surface area contributed by atoms with Crippen LogP contribution in [0.5, 0.6) is 0 Å². The maximum absolute atomic E-state index is 5.13. The standard InChI is InChI=1S/C10H12N2S/c13-9-6-7-11-10(12-9)8-4-2-1-3-5-8/h1-5,10-11H,6-7H2,(H,12,13). The number of rotatable bonds is 1. The van der Waals surface area contributed by atoms with Crippen molar-refractivity contribution in [2.24, 2.45) is 0 Å². The van der Waals surface area contributed by atoms with E-state index in [-0.39, 0.29) is 6.17 Å². The van der Waals surface area contributed by atoms with Crippen LogP contribution in [0.3, 0.4) is 0 Å². The first-order chi connectivity index (χ1) is 6.36. The van der Waals surface area contributed by atoms with Crippen LogP contribution in [0.25, 0.3) is 0 Å². The van der Waals surface area contributed by atoms with Gasteiger partial charge in [-0.1, -0.05) is 42.5 Å². The van der Waals surface area contributed by atoms with Gasteiger partial charge in [0.25, 0.3) is 0 Å². The lowest BCUT2D eigenvalue weighted by Gasteiger charge is -2.26. The maximum atomic E-state index is 5.13. The van der Waals surface area contributed by atoms with Crippen LogP contribution in [-0.2, 0) is 0 Å². The summed E-state index contributed by atoms with van der Waals surface area (Å²) < 4.78 is 0. The normalized spacial score (nSPS) is 22.5. The zero-order chi connectivity index (χ0) is 9.10. The van der Waals surface area contributed by atoms with Gasteiger partial charge >= 0.3 is 0 Å². The Hall–Kier alpha value is -0.930. The zero-order valence-electron chi connectivity index (χ0n) is 7.29. The van der Waals surface area contributed by atoms with E-state index in [1.807, 2.05) is 18.2 Å². The predicted octanol–water partition coefficient (Wildman–Crippen LogP) is 1.60. The van der Waals surface area contributed by atoms with Gasteiger partial charge in [0.05, 0.1) is 4.99 Å². The van der Waals surface area contributed by atoms with Gasteiger partial charge in [-0.05, 0) is 5.56 Å². The minimum absolute atomic E-state index is 0.197. The Morgan fingerprint density at radius 3 is 2.69 bits per heavy atom. The first kappa shape index (κ1) is 8.66. The van der Waals surface area contributed by atoms with Crippen LogP contribution in [0.1, 0.15) is 18.2 Å². The molecular weight excluding hydrogens is 180 g/mol. The van der Waals surface area contributed by atoms with Crippen LogP contribution in [-0.4, -0.2) is 11.5 Å². The quantitative estimate of drug-likeness (QED) is 0.661. The van der Waals surface area contributed by atoms with E-state index < -0.39 is 0 Å². The summed E-state index contributed by atoms with van der Waals surface area (Å²) in [6.07, 6.45) is 1.14. The molecule has 3 heteroatoms. The van der Waals surface area contributed by atoms with Gasteiger partial charge in [-0.2, -0.15) is 0 Å². The number of nitrogens with one attached hydrogen (secondary N) is 2. The first-order valence-electron chi connectivity index (χ1n) is 4.44. The fourth-order valence-corrected chi connectivity index (χ4v) is 1.68. The summed E-state index contributed by atoms with van der Waals surface area (Å²) in [7, 11) is 0. The van der Waals surface area contributed by atoms with Crippen molar-refractivity contribution < 1.29 is 0 Å². The molecule has 1 heterocycles. The molecule has 2 rings (SSSR count). The van der Waals surface area contributed by atoms with E-state index in [1.165, 1.54) is 5.56 Å². The van der Waals surface area contributed by atoms with Gasteiger partial charge in [0.1, 0.15) is 6.17 Å². The Balaban J connectivity index is 2.13. The van der Waals surface area contributed by atoms with Crippen molar-refractivity contribution in [2.45, 2.75) is 12.6 Å². The third-order valence-electron chi connectivity index (χ3n) is 2.14. The summed E-state index contributed by atoms with van der Waals surface area (Å²) in [6, 6.07) is 10.3. The highest BCUT2D eigenvalue weighted by Crippen LogP contribution is 2.12. The van der Waals surface area contributed by atoms with E-state index in [1.54, 1.807) is 0 Å². The van der Waals surface area contributed by atoms with Crippen molar-refractivity contribution in [3.05, 3.63) is 35.9 Å². The van der Waals surface area contributed by atoms with Crippen molar-refractivity contribution in [1.29, 1.82) is 0 Å². The third-order valence-corrected chi connectivity index (χ3v) is 2.46. The van der Waals surface area contributed by atoms with Crippen molar-refractivity contribution in [2.75, 3.05) is 6.54 Å². The second-order valence-electron chi connectivity index (χ2n) is 3.12. The van der Waals surface area contributed by atoms with Crippen LogP contribution in [0.15, 0.2) is 30.3 Å². The lowest BCUT2D eigenvalue weighted by Crippen LogP contribution is -2.43. The second kappa shape index (κ2) is 3.85. The molecule has 0 aliphatic carbocycles. The Bertz CT molecular complexity index is 297. The molecule has 0 radical (unpaired) electrons. The van der Waals surface area contributed by atoms with E-state index in [0.29, 0.717) is 0 Å². The monoisotopic (exact) mass is 192 g/mol. The molecule has 2 nitrogen and oxygen atoms in total. The molecule has 1 unspecified atom stereocenters. The van der Waals surface area contributed by atoms with Crippen molar-refractivity contribution in [3.8, 4) is 0 Å². The van der Waals surface area contributed by atoms with Crippen LogP contribution in [0.2, 0.25) is 0 Å². The fraction of sp³-hybridized carbons (Fsp3) is 0.300. The largest absolute Gasteiger partial charge is 0.360 e. The molecule has 68 valence electrons. The zero-order valence-corrected chi connectivity index (χ0v) is 8.10. The molecule has 1 saturated heterocycles. The highest BCUT2D eigenvalue weighted by atomic mass is 32.1. The van der Waals surface area contributed by atoms with Crippen LogP contribution >= 0.6 is 12.2 Å². The second-order valence-corrected chi connectivity index (χ2v) is 3.61. The van der Waals surface area contributed by atoms with Gasteiger partial charge in [0.15, 0.2) is 0 Å². The van der Waals surface area contributed by atoms with Gasteiger partial charge < -0.3 is 5.32 Å². The molecule has 1 aromatic rings. The van der Waals surface area contributed by atoms with Gasteiger partial charge in [0.2, 0.25) is 0 Å². The predicted molar refractivity (Wildman–Crippen MR) is 57.5 cm³/mol. The fourth-order valence-electron chi connectivity index (χ4n) is 1.46. The Morgan fingerprint density at radius 1 is 1.23 bits per heavy atom. The molecule has 0 amide bonds. The number of hydrogen-bond donors (Lipinski definition) is 2. The molecule has 1 aliphatic rings. The van der Waals surface area contributed by atoms with Crippen LogP contribution in [0, 0.1) is 0 Å². The summed E-state index contributed by atoms with van der Waals surface area (Å²) in [5.74, 6) is 0. The molecule has 1 aromatic carbocycles. The summed E-state index contributed by atoms with van der Waals surface area (Å²) >= 11 is 5.13. The van der Waals surface area contributed by atoms with E-state index in [9.17, 15) is 0 Å². The minimum Gasteiger partial charge on any atom is -0.360 e. The Labute approximate surface area is 83.3 Å². The highest BCUT2D eigenvalue weighted by molar-refractivity contribution is 7.80. The van der Waals surface area contributed by atoms with Crippen molar-refractivity contribution >= 4 is 17.2 Å². The molecule has 1 fully saturated rings. The highest BCUT2D eigenvalue weighted by Gasteiger charge is 2.15. The van der Waals surface area contributed by atoms with Gasteiger partial charge in [-0.15, -0.1) is 0 Å². The third kappa shape index (κ3) is 2.05. The molecule has 2 N–H and O–H groups in total. The van der Waals surface area contributed by atoms with Gasteiger partial charge in [-0.25, -0.2) is 0 Å². The lowest BCUT2D eigenvalue weighted by molar-refractivity contribution is 0.484. The van der Waals surface area contributed by atoms with E-state index >= 15 is 0 Å². The van der Waals surface area contributed by atoms with Gasteiger partial charge in [0, 0.05) is 13.0 Å². The number of benzene rings is 1. The molecule has 0 aromatic heterocycles. The molecule has 0 saturated carbocycles. The summed E-state index contributed by atoms with van der Waals surface area (Å²) in [5, 5.41) is 6.62. The molecule has 1 atom stereocenters. The van der Waals surface area contributed by atoms with Crippen molar-refractivity contribution in [3.63, 3.8) is 0 Å². The molecule has 0 spiro atoms. The summed E-state index contributed by atoms with van der Waals surface area (Å²) in [5.41, 5.74) is 1.24. The molecule has 0 bridgehead atoms. The first-order valence-corrected chi connectivity index (χ1v) is 4.85.